The molecule has 3 N–H and O–H groups in total. The molecule has 3 aromatic carbocycles. The highest BCUT2D eigenvalue weighted by molar-refractivity contribution is 5.84. The van der Waals surface area contributed by atoms with Crippen molar-refractivity contribution in [3.63, 3.8) is 0 Å². The predicted molar refractivity (Wildman–Crippen MR) is 129 cm³/mol. The van der Waals surface area contributed by atoms with Gasteiger partial charge < -0.3 is 24.9 Å². The van der Waals surface area contributed by atoms with Gasteiger partial charge in [-0.2, -0.15) is 0 Å². The number of aliphatic carboxylic acids is 1. The van der Waals surface area contributed by atoms with Crippen LogP contribution in [0.3, 0.4) is 0 Å². The Balaban J connectivity index is 1.42. The van der Waals surface area contributed by atoms with Gasteiger partial charge in [-0.25, -0.2) is 0 Å². The van der Waals surface area contributed by atoms with Crippen molar-refractivity contribution in [1.29, 1.82) is 0 Å². The molecule has 0 saturated heterocycles. The number of ether oxygens (including phenoxy) is 2. The van der Waals surface area contributed by atoms with E-state index in [0.29, 0.717) is 31.1 Å². The molecule has 0 aliphatic rings. The average molecular weight is 445 g/mol. The van der Waals surface area contributed by atoms with Crippen molar-refractivity contribution < 1.29 is 19.4 Å². The lowest BCUT2D eigenvalue weighted by Gasteiger charge is -2.16. The predicted octanol–water partition coefficient (Wildman–Crippen LogP) is 4.85. The average Bonchev–Trinajstić information content (AvgIpc) is 3.24. The standard InChI is InChI=1S/C27H28N2O4/c1-18-7-3-4-8-20(18)17-33-25-12-11-19(13-26(25)32-2)15-28-24(27(30)31)14-21-16-29-23-10-6-5-9-22(21)23/h3-13,16,24,28-29H,14-15,17H2,1-2H3,(H,30,31)/t24-/m0/s1. The topological polar surface area (TPSA) is 83.6 Å². The first kappa shape index (κ1) is 22.4. The molecule has 33 heavy (non-hydrogen) atoms. The zero-order valence-corrected chi connectivity index (χ0v) is 18.8. The third-order valence-corrected chi connectivity index (χ3v) is 5.82. The van der Waals surface area contributed by atoms with Crippen LogP contribution in [0, 0.1) is 6.92 Å². The summed E-state index contributed by atoms with van der Waals surface area (Å²) >= 11 is 0. The van der Waals surface area contributed by atoms with Crippen LogP contribution in [0.5, 0.6) is 11.5 Å². The van der Waals surface area contributed by atoms with E-state index in [4.69, 9.17) is 9.47 Å². The number of hydrogen-bond donors (Lipinski definition) is 3. The summed E-state index contributed by atoms with van der Waals surface area (Å²) in [7, 11) is 1.60. The lowest BCUT2D eigenvalue weighted by Crippen LogP contribution is -2.38. The maximum absolute atomic E-state index is 11.9. The van der Waals surface area contributed by atoms with Gasteiger partial charge in [-0.05, 0) is 47.4 Å². The monoisotopic (exact) mass is 444 g/mol. The molecule has 1 heterocycles. The molecular weight excluding hydrogens is 416 g/mol. The van der Waals surface area contributed by atoms with Crippen LogP contribution in [0.2, 0.25) is 0 Å². The van der Waals surface area contributed by atoms with Gasteiger partial charge in [0.25, 0.3) is 0 Å². The number of carbonyl (C=O) groups is 1. The van der Waals surface area contributed by atoms with Crippen molar-refractivity contribution in [3.05, 3.63) is 95.2 Å². The van der Waals surface area contributed by atoms with Gasteiger partial charge in [0, 0.05) is 30.1 Å². The molecule has 0 spiro atoms. The summed E-state index contributed by atoms with van der Waals surface area (Å²) in [5.41, 5.74) is 5.19. The highest BCUT2D eigenvalue weighted by atomic mass is 16.5. The second-order valence-electron chi connectivity index (χ2n) is 8.04. The van der Waals surface area contributed by atoms with E-state index in [1.54, 1.807) is 7.11 Å². The number of benzene rings is 3. The summed E-state index contributed by atoms with van der Waals surface area (Å²) < 4.78 is 11.5. The van der Waals surface area contributed by atoms with E-state index in [-0.39, 0.29) is 0 Å². The van der Waals surface area contributed by atoms with Gasteiger partial charge in [0.1, 0.15) is 12.6 Å². The summed E-state index contributed by atoms with van der Waals surface area (Å²) in [6.45, 7) is 2.90. The van der Waals surface area contributed by atoms with Crippen molar-refractivity contribution in [1.82, 2.24) is 10.3 Å². The van der Waals surface area contributed by atoms with Crippen LogP contribution in [0.4, 0.5) is 0 Å². The zero-order valence-electron chi connectivity index (χ0n) is 18.8. The Morgan fingerprint density at radius 1 is 1.03 bits per heavy atom. The number of carboxylic acids is 1. The molecule has 0 unspecified atom stereocenters. The summed E-state index contributed by atoms with van der Waals surface area (Å²) in [4.78, 5) is 15.1. The molecule has 4 rings (SSSR count). The summed E-state index contributed by atoms with van der Waals surface area (Å²) in [5.74, 6) is 0.384. The molecule has 170 valence electrons. The maximum Gasteiger partial charge on any atom is 0.321 e. The first-order valence-electron chi connectivity index (χ1n) is 10.9. The minimum absolute atomic E-state index is 0.383. The normalized spacial score (nSPS) is 11.9. The number of H-pyrrole nitrogens is 1. The molecule has 0 fully saturated rings. The Kier molecular flexibility index (Phi) is 6.95. The lowest BCUT2D eigenvalue weighted by atomic mass is 10.0. The SMILES string of the molecule is COc1cc(CN[C@@H](Cc2c[nH]c3ccccc23)C(=O)O)ccc1OCc1ccccc1C. The smallest absolute Gasteiger partial charge is 0.321 e. The third-order valence-electron chi connectivity index (χ3n) is 5.82. The number of fused-ring (bicyclic) bond motifs is 1. The van der Waals surface area contributed by atoms with Crippen LogP contribution in [0.1, 0.15) is 22.3 Å². The van der Waals surface area contributed by atoms with Gasteiger partial charge >= 0.3 is 5.97 Å². The lowest BCUT2D eigenvalue weighted by molar-refractivity contribution is -0.139. The molecule has 0 aliphatic carbocycles. The van der Waals surface area contributed by atoms with Crippen LogP contribution < -0.4 is 14.8 Å². The van der Waals surface area contributed by atoms with Gasteiger partial charge in [-0.15, -0.1) is 0 Å². The Labute approximate surface area is 193 Å². The largest absolute Gasteiger partial charge is 0.493 e. The van der Waals surface area contributed by atoms with E-state index >= 15 is 0 Å². The fraction of sp³-hybridized carbons (Fsp3) is 0.222. The number of nitrogens with one attached hydrogen (secondary N) is 2. The molecule has 4 aromatic rings. The van der Waals surface area contributed by atoms with Gasteiger partial charge in [-0.3, -0.25) is 4.79 Å². The molecule has 6 nitrogen and oxygen atoms in total. The van der Waals surface area contributed by atoms with Gasteiger partial charge in [0.05, 0.1) is 7.11 Å². The highest BCUT2D eigenvalue weighted by Crippen LogP contribution is 2.29. The molecule has 0 amide bonds. The van der Waals surface area contributed by atoms with E-state index in [1.807, 2.05) is 66.9 Å². The number of aromatic amines is 1. The Bertz CT molecular complexity index is 1250. The van der Waals surface area contributed by atoms with Crippen LogP contribution in [0.25, 0.3) is 10.9 Å². The first-order valence-corrected chi connectivity index (χ1v) is 10.9. The minimum atomic E-state index is -0.884. The van der Waals surface area contributed by atoms with E-state index in [2.05, 4.69) is 23.3 Å². The van der Waals surface area contributed by atoms with Crippen LogP contribution >= 0.6 is 0 Å². The van der Waals surface area contributed by atoms with Crippen LogP contribution in [-0.2, 0) is 24.4 Å². The quantitative estimate of drug-likeness (QED) is 0.326. The molecule has 6 heteroatoms. The van der Waals surface area contributed by atoms with Crippen molar-refractivity contribution >= 4 is 16.9 Å². The summed E-state index contributed by atoms with van der Waals surface area (Å²) in [6.07, 6.45) is 2.26. The van der Waals surface area contributed by atoms with E-state index < -0.39 is 12.0 Å². The summed E-state index contributed by atoms with van der Waals surface area (Å²) in [5, 5.41) is 14.0. The maximum atomic E-state index is 11.9. The van der Waals surface area contributed by atoms with Gasteiger partial charge in [0.2, 0.25) is 0 Å². The molecule has 0 aliphatic heterocycles. The number of aryl methyl sites for hydroxylation is 1. The van der Waals surface area contributed by atoms with E-state index in [1.165, 1.54) is 5.56 Å². The summed E-state index contributed by atoms with van der Waals surface area (Å²) in [6, 6.07) is 20.9. The highest BCUT2D eigenvalue weighted by Gasteiger charge is 2.19. The number of methoxy groups -OCH3 is 1. The van der Waals surface area contributed by atoms with Crippen molar-refractivity contribution in [2.45, 2.75) is 32.5 Å². The Morgan fingerprint density at radius 3 is 2.61 bits per heavy atom. The fourth-order valence-corrected chi connectivity index (χ4v) is 3.88. The minimum Gasteiger partial charge on any atom is -0.493 e. The zero-order chi connectivity index (χ0) is 23.2. The van der Waals surface area contributed by atoms with Crippen LogP contribution in [-0.4, -0.2) is 29.2 Å². The first-order chi connectivity index (χ1) is 16.0. The van der Waals surface area contributed by atoms with Crippen molar-refractivity contribution in [2.24, 2.45) is 0 Å². The molecular formula is C27H28N2O4. The molecule has 1 aromatic heterocycles. The van der Waals surface area contributed by atoms with Crippen molar-refractivity contribution in [2.75, 3.05) is 7.11 Å². The Morgan fingerprint density at radius 2 is 1.82 bits per heavy atom. The van der Waals surface area contributed by atoms with Crippen LogP contribution in [0.15, 0.2) is 72.9 Å². The second-order valence-corrected chi connectivity index (χ2v) is 8.04. The number of aromatic nitrogens is 1. The van der Waals surface area contributed by atoms with Gasteiger partial charge in [0.15, 0.2) is 11.5 Å². The number of hydrogen-bond acceptors (Lipinski definition) is 4. The molecule has 1 atom stereocenters. The van der Waals surface area contributed by atoms with E-state index in [0.717, 1.165) is 27.6 Å². The van der Waals surface area contributed by atoms with Gasteiger partial charge in [-0.1, -0.05) is 48.5 Å². The van der Waals surface area contributed by atoms with Crippen molar-refractivity contribution in [3.8, 4) is 11.5 Å². The second kappa shape index (κ2) is 10.2. The Hall–Kier alpha value is -3.77. The third kappa shape index (κ3) is 5.35. The number of para-hydroxylation sites is 1. The molecule has 0 saturated carbocycles. The fourth-order valence-electron chi connectivity index (χ4n) is 3.88. The number of carboxylic acid groups (broad SMARTS) is 1. The molecule has 0 bridgehead atoms. The van der Waals surface area contributed by atoms with E-state index in [9.17, 15) is 9.90 Å². The molecule has 0 radical (unpaired) electrons. The number of rotatable bonds is 10.